The predicted molar refractivity (Wildman–Crippen MR) is 44.2 cm³/mol. The van der Waals surface area contributed by atoms with Crippen molar-refractivity contribution in [1.29, 1.82) is 0 Å². The highest BCUT2D eigenvalue weighted by Crippen LogP contribution is 2.51. The van der Waals surface area contributed by atoms with Crippen LogP contribution in [-0.2, 0) is 4.79 Å². The lowest BCUT2D eigenvalue weighted by atomic mass is 9.57. The van der Waals surface area contributed by atoms with Crippen LogP contribution in [0.1, 0.15) is 39.0 Å². The molecule has 1 atom stereocenters. The molecule has 11 heavy (non-hydrogen) atoms. The average Bonchev–Trinajstić information content (AvgIpc) is 2.06. The minimum absolute atomic E-state index is 0.119. The number of rotatable bonds is 1. The van der Waals surface area contributed by atoms with Crippen LogP contribution >= 0.6 is 0 Å². The van der Waals surface area contributed by atoms with Crippen LogP contribution in [-0.4, -0.2) is 6.29 Å². The van der Waals surface area contributed by atoms with Crippen molar-refractivity contribution in [2.75, 3.05) is 0 Å². The van der Waals surface area contributed by atoms with E-state index in [1.165, 1.54) is 38.4 Å². The van der Waals surface area contributed by atoms with Gasteiger partial charge in [-0.05, 0) is 43.9 Å². The second kappa shape index (κ2) is 2.33. The van der Waals surface area contributed by atoms with Gasteiger partial charge in [0.2, 0.25) is 0 Å². The highest BCUT2D eigenvalue weighted by Gasteiger charge is 2.43. The SMILES string of the molecule is CC1CC2(C=O)CCC1CC2. The van der Waals surface area contributed by atoms with E-state index in [1.54, 1.807) is 0 Å². The van der Waals surface area contributed by atoms with Gasteiger partial charge in [0.25, 0.3) is 0 Å². The van der Waals surface area contributed by atoms with Gasteiger partial charge in [0.15, 0.2) is 0 Å². The molecule has 0 aromatic heterocycles. The Morgan fingerprint density at radius 2 is 2.00 bits per heavy atom. The van der Waals surface area contributed by atoms with Crippen molar-refractivity contribution in [2.24, 2.45) is 17.3 Å². The molecule has 3 aliphatic rings. The molecule has 0 aliphatic heterocycles. The van der Waals surface area contributed by atoms with E-state index in [0.717, 1.165) is 11.8 Å². The maximum atomic E-state index is 10.9. The first kappa shape index (κ1) is 7.33. The lowest BCUT2D eigenvalue weighted by Crippen LogP contribution is -2.39. The number of hydrogen-bond donors (Lipinski definition) is 0. The lowest BCUT2D eigenvalue weighted by Gasteiger charge is -2.46. The molecule has 3 aliphatic carbocycles. The molecule has 0 aromatic carbocycles. The van der Waals surface area contributed by atoms with Crippen molar-refractivity contribution in [3.05, 3.63) is 0 Å². The Kier molecular flexibility index (Phi) is 1.55. The fourth-order valence-corrected chi connectivity index (χ4v) is 2.96. The molecule has 3 rings (SSSR count). The zero-order valence-electron chi connectivity index (χ0n) is 7.18. The summed E-state index contributed by atoms with van der Waals surface area (Å²) >= 11 is 0. The molecule has 62 valence electrons. The Morgan fingerprint density at radius 3 is 2.36 bits per heavy atom. The second-order valence-corrected chi connectivity index (χ2v) is 4.50. The van der Waals surface area contributed by atoms with Crippen LogP contribution < -0.4 is 0 Å². The molecule has 0 saturated heterocycles. The Labute approximate surface area is 68.2 Å². The largest absolute Gasteiger partial charge is 0.303 e. The topological polar surface area (TPSA) is 17.1 Å². The summed E-state index contributed by atoms with van der Waals surface area (Å²) in [5.41, 5.74) is 0.119. The first-order chi connectivity index (χ1) is 5.26. The van der Waals surface area contributed by atoms with Crippen LogP contribution in [0.25, 0.3) is 0 Å². The number of fused-ring (bicyclic) bond motifs is 3. The summed E-state index contributed by atoms with van der Waals surface area (Å²) in [6.07, 6.45) is 7.36. The van der Waals surface area contributed by atoms with Gasteiger partial charge in [-0.25, -0.2) is 0 Å². The quantitative estimate of drug-likeness (QED) is 0.527. The average molecular weight is 152 g/mol. The molecular formula is C10H16O. The molecule has 3 fully saturated rings. The Hall–Kier alpha value is -0.330. The highest BCUT2D eigenvalue weighted by molar-refractivity contribution is 5.60. The second-order valence-electron chi connectivity index (χ2n) is 4.50. The van der Waals surface area contributed by atoms with Crippen molar-refractivity contribution in [3.63, 3.8) is 0 Å². The van der Waals surface area contributed by atoms with Gasteiger partial charge in [-0.1, -0.05) is 6.92 Å². The smallest absolute Gasteiger partial charge is 0.126 e. The standard InChI is InChI=1S/C10H16O/c1-8-6-10(7-11)4-2-9(8)3-5-10/h7-9H,2-6H2,1H3. The number of carbonyl (C=O) groups is 1. The normalized spacial score (nSPS) is 49.2. The van der Waals surface area contributed by atoms with Crippen molar-refractivity contribution in [3.8, 4) is 0 Å². The van der Waals surface area contributed by atoms with Crippen molar-refractivity contribution < 1.29 is 4.79 Å². The summed E-state index contributed by atoms with van der Waals surface area (Å²) in [6, 6.07) is 0. The lowest BCUT2D eigenvalue weighted by molar-refractivity contribution is -0.123. The van der Waals surface area contributed by atoms with Crippen LogP contribution in [0.3, 0.4) is 0 Å². The molecule has 3 saturated carbocycles. The summed E-state index contributed by atoms with van der Waals surface area (Å²) in [7, 11) is 0. The summed E-state index contributed by atoms with van der Waals surface area (Å²) in [5, 5.41) is 0. The van der Waals surface area contributed by atoms with Gasteiger partial charge in [0.1, 0.15) is 6.29 Å². The first-order valence-corrected chi connectivity index (χ1v) is 4.72. The van der Waals surface area contributed by atoms with Crippen LogP contribution in [0, 0.1) is 17.3 Å². The van der Waals surface area contributed by atoms with Gasteiger partial charge in [0, 0.05) is 5.41 Å². The van der Waals surface area contributed by atoms with Gasteiger partial charge in [0.05, 0.1) is 0 Å². The predicted octanol–water partition coefficient (Wildman–Crippen LogP) is 2.40. The first-order valence-electron chi connectivity index (χ1n) is 4.72. The molecule has 1 unspecified atom stereocenters. The van der Waals surface area contributed by atoms with Crippen molar-refractivity contribution >= 4 is 6.29 Å². The van der Waals surface area contributed by atoms with Gasteiger partial charge in [-0.2, -0.15) is 0 Å². The molecule has 0 heterocycles. The zero-order chi connectivity index (χ0) is 7.90. The van der Waals surface area contributed by atoms with E-state index in [-0.39, 0.29) is 5.41 Å². The monoisotopic (exact) mass is 152 g/mol. The number of aldehydes is 1. The van der Waals surface area contributed by atoms with Crippen LogP contribution in [0.4, 0.5) is 0 Å². The fraction of sp³-hybridized carbons (Fsp3) is 0.900. The third kappa shape index (κ3) is 1.02. The van der Waals surface area contributed by atoms with Crippen LogP contribution in [0.15, 0.2) is 0 Å². The molecule has 0 aromatic rings. The number of carbonyl (C=O) groups excluding carboxylic acids is 1. The summed E-state index contributed by atoms with van der Waals surface area (Å²) in [4.78, 5) is 10.9. The molecule has 1 nitrogen and oxygen atoms in total. The minimum Gasteiger partial charge on any atom is -0.303 e. The Balaban J connectivity index is 2.18. The zero-order valence-corrected chi connectivity index (χ0v) is 7.18. The Bertz CT molecular complexity index is 166. The van der Waals surface area contributed by atoms with E-state index in [2.05, 4.69) is 6.92 Å². The van der Waals surface area contributed by atoms with Gasteiger partial charge in [-0.3, -0.25) is 0 Å². The summed E-state index contributed by atoms with van der Waals surface area (Å²) in [6.45, 7) is 2.31. The summed E-state index contributed by atoms with van der Waals surface area (Å²) < 4.78 is 0. The molecule has 0 N–H and O–H groups in total. The van der Waals surface area contributed by atoms with Crippen LogP contribution in [0.2, 0.25) is 0 Å². The van der Waals surface area contributed by atoms with E-state index in [9.17, 15) is 4.79 Å². The van der Waals surface area contributed by atoms with Crippen molar-refractivity contribution in [1.82, 2.24) is 0 Å². The highest BCUT2D eigenvalue weighted by atomic mass is 16.1. The third-order valence-electron chi connectivity index (χ3n) is 3.81. The van der Waals surface area contributed by atoms with Gasteiger partial charge >= 0.3 is 0 Å². The molecular weight excluding hydrogens is 136 g/mol. The van der Waals surface area contributed by atoms with E-state index < -0.39 is 0 Å². The molecule has 1 heteroatoms. The molecule has 0 spiro atoms. The van der Waals surface area contributed by atoms with E-state index in [0.29, 0.717) is 0 Å². The molecule has 2 bridgehead atoms. The van der Waals surface area contributed by atoms with E-state index in [1.807, 2.05) is 0 Å². The maximum Gasteiger partial charge on any atom is 0.126 e. The fourth-order valence-electron chi connectivity index (χ4n) is 2.96. The molecule has 0 radical (unpaired) electrons. The van der Waals surface area contributed by atoms with E-state index >= 15 is 0 Å². The van der Waals surface area contributed by atoms with Gasteiger partial charge < -0.3 is 4.79 Å². The van der Waals surface area contributed by atoms with Gasteiger partial charge in [-0.15, -0.1) is 0 Å². The summed E-state index contributed by atoms with van der Waals surface area (Å²) in [5.74, 6) is 1.75. The van der Waals surface area contributed by atoms with Crippen LogP contribution in [0.5, 0.6) is 0 Å². The maximum absolute atomic E-state index is 10.9. The number of hydrogen-bond acceptors (Lipinski definition) is 1. The van der Waals surface area contributed by atoms with Crippen molar-refractivity contribution in [2.45, 2.75) is 39.0 Å². The molecule has 0 amide bonds. The third-order valence-corrected chi connectivity index (χ3v) is 3.81. The Morgan fingerprint density at radius 1 is 1.36 bits per heavy atom. The minimum atomic E-state index is 0.119. The van der Waals surface area contributed by atoms with E-state index in [4.69, 9.17) is 0 Å².